The Balaban J connectivity index is 1.71. The maximum atomic E-state index is 11.8. The molecule has 1 aliphatic heterocycles. The van der Waals surface area contributed by atoms with E-state index in [4.69, 9.17) is 4.74 Å². The lowest BCUT2D eigenvalue weighted by Crippen LogP contribution is -2.30. The SMILES string of the molecule is Cc1cc(C)c(OCCNC(=O)CC2CCNC2)c(C)c1. The average molecular weight is 290 g/mol. The summed E-state index contributed by atoms with van der Waals surface area (Å²) in [4.78, 5) is 11.8. The van der Waals surface area contributed by atoms with E-state index in [1.807, 2.05) is 0 Å². The summed E-state index contributed by atoms with van der Waals surface area (Å²) in [6, 6.07) is 4.24. The molecule has 1 aliphatic rings. The van der Waals surface area contributed by atoms with E-state index >= 15 is 0 Å². The lowest BCUT2D eigenvalue weighted by Gasteiger charge is -2.14. The van der Waals surface area contributed by atoms with Crippen LogP contribution in [-0.2, 0) is 4.79 Å². The summed E-state index contributed by atoms with van der Waals surface area (Å²) < 4.78 is 5.82. The largest absolute Gasteiger partial charge is 0.491 e. The maximum Gasteiger partial charge on any atom is 0.220 e. The van der Waals surface area contributed by atoms with E-state index in [0.29, 0.717) is 25.5 Å². The smallest absolute Gasteiger partial charge is 0.220 e. The third-order valence-electron chi connectivity index (χ3n) is 3.91. The van der Waals surface area contributed by atoms with E-state index in [0.717, 1.165) is 36.4 Å². The highest BCUT2D eigenvalue weighted by atomic mass is 16.5. The number of amides is 1. The molecular weight excluding hydrogens is 264 g/mol. The van der Waals surface area contributed by atoms with Crippen LogP contribution >= 0.6 is 0 Å². The van der Waals surface area contributed by atoms with Gasteiger partial charge in [0.1, 0.15) is 12.4 Å². The van der Waals surface area contributed by atoms with Crippen LogP contribution in [0.25, 0.3) is 0 Å². The number of carbonyl (C=O) groups is 1. The molecule has 116 valence electrons. The Kier molecular flexibility index (Phi) is 5.62. The Morgan fingerprint density at radius 2 is 2.05 bits per heavy atom. The van der Waals surface area contributed by atoms with Crippen LogP contribution in [0.3, 0.4) is 0 Å². The molecular formula is C17H26N2O2. The zero-order valence-corrected chi connectivity index (χ0v) is 13.3. The Morgan fingerprint density at radius 3 is 2.67 bits per heavy atom. The molecule has 1 fully saturated rings. The first kappa shape index (κ1) is 15.8. The number of benzene rings is 1. The van der Waals surface area contributed by atoms with Crippen LogP contribution in [0.4, 0.5) is 0 Å². The molecule has 1 aromatic rings. The van der Waals surface area contributed by atoms with Gasteiger partial charge in [-0.3, -0.25) is 4.79 Å². The van der Waals surface area contributed by atoms with Crippen LogP contribution in [0.15, 0.2) is 12.1 Å². The van der Waals surface area contributed by atoms with E-state index in [-0.39, 0.29) is 5.91 Å². The second-order valence-electron chi connectivity index (χ2n) is 5.99. The molecule has 0 aliphatic carbocycles. The Labute approximate surface area is 127 Å². The van der Waals surface area contributed by atoms with Gasteiger partial charge >= 0.3 is 0 Å². The van der Waals surface area contributed by atoms with Crippen molar-refractivity contribution in [1.82, 2.24) is 10.6 Å². The predicted octanol–water partition coefficient (Wildman–Crippen LogP) is 2.11. The van der Waals surface area contributed by atoms with Gasteiger partial charge in [-0.05, 0) is 57.3 Å². The molecule has 4 nitrogen and oxygen atoms in total. The number of hydrogen-bond acceptors (Lipinski definition) is 3. The summed E-state index contributed by atoms with van der Waals surface area (Å²) in [5, 5.41) is 6.22. The van der Waals surface area contributed by atoms with Crippen molar-refractivity contribution in [3.8, 4) is 5.75 Å². The standard InChI is InChI=1S/C17H26N2O2/c1-12-8-13(2)17(14(3)9-12)21-7-6-19-16(20)10-15-4-5-18-11-15/h8-9,15,18H,4-7,10-11H2,1-3H3,(H,19,20). The normalized spacial score (nSPS) is 17.8. The van der Waals surface area contributed by atoms with Crippen LogP contribution in [0.5, 0.6) is 5.75 Å². The van der Waals surface area contributed by atoms with Crippen LogP contribution in [-0.4, -0.2) is 32.1 Å². The molecule has 4 heteroatoms. The Hall–Kier alpha value is -1.55. The molecule has 1 heterocycles. The molecule has 1 unspecified atom stereocenters. The van der Waals surface area contributed by atoms with Crippen molar-refractivity contribution in [2.45, 2.75) is 33.6 Å². The highest BCUT2D eigenvalue weighted by Gasteiger charge is 2.17. The fourth-order valence-electron chi connectivity index (χ4n) is 2.96. The highest BCUT2D eigenvalue weighted by Crippen LogP contribution is 2.24. The fraction of sp³-hybridized carbons (Fsp3) is 0.588. The molecule has 0 radical (unpaired) electrons. The third kappa shape index (κ3) is 4.74. The number of nitrogens with one attached hydrogen (secondary N) is 2. The van der Waals surface area contributed by atoms with Gasteiger partial charge in [-0.1, -0.05) is 17.7 Å². The minimum absolute atomic E-state index is 0.129. The molecule has 2 N–H and O–H groups in total. The first-order valence-electron chi connectivity index (χ1n) is 7.74. The van der Waals surface area contributed by atoms with E-state index in [1.165, 1.54) is 5.56 Å². The van der Waals surface area contributed by atoms with Crippen LogP contribution < -0.4 is 15.4 Å². The number of ether oxygens (including phenoxy) is 1. The molecule has 1 atom stereocenters. The second-order valence-corrected chi connectivity index (χ2v) is 5.99. The summed E-state index contributed by atoms with van der Waals surface area (Å²) in [6.07, 6.45) is 1.72. The molecule has 1 amide bonds. The van der Waals surface area contributed by atoms with Gasteiger partial charge in [0.2, 0.25) is 5.91 Å². The van der Waals surface area contributed by atoms with Crippen molar-refractivity contribution in [1.29, 1.82) is 0 Å². The van der Waals surface area contributed by atoms with Crippen molar-refractivity contribution >= 4 is 5.91 Å². The summed E-state index contributed by atoms with van der Waals surface area (Å²) in [6.45, 7) is 9.27. The predicted molar refractivity (Wildman–Crippen MR) is 84.8 cm³/mol. The first-order chi connectivity index (χ1) is 10.1. The van der Waals surface area contributed by atoms with E-state index in [1.54, 1.807) is 0 Å². The fourth-order valence-corrected chi connectivity index (χ4v) is 2.96. The number of hydrogen-bond donors (Lipinski definition) is 2. The van der Waals surface area contributed by atoms with Gasteiger partial charge in [0.25, 0.3) is 0 Å². The lowest BCUT2D eigenvalue weighted by molar-refractivity contribution is -0.122. The van der Waals surface area contributed by atoms with Crippen molar-refractivity contribution in [2.75, 3.05) is 26.2 Å². The van der Waals surface area contributed by atoms with Crippen molar-refractivity contribution in [3.05, 3.63) is 28.8 Å². The molecule has 0 saturated carbocycles. The number of aryl methyl sites for hydroxylation is 3. The summed E-state index contributed by atoms with van der Waals surface area (Å²) in [5.41, 5.74) is 3.54. The van der Waals surface area contributed by atoms with Gasteiger partial charge in [0.05, 0.1) is 6.54 Å². The van der Waals surface area contributed by atoms with Gasteiger partial charge in [0.15, 0.2) is 0 Å². The molecule has 0 aromatic heterocycles. The third-order valence-corrected chi connectivity index (χ3v) is 3.91. The number of carbonyl (C=O) groups excluding carboxylic acids is 1. The van der Waals surface area contributed by atoms with Crippen molar-refractivity contribution in [2.24, 2.45) is 5.92 Å². The lowest BCUT2D eigenvalue weighted by atomic mass is 10.0. The minimum atomic E-state index is 0.129. The van der Waals surface area contributed by atoms with E-state index < -0.39 is 0 Å². The van der Waals surface area contributed by atoms with Gasteiger partial charge in [-0.25, -0.2) is 0 Å². The second kappa shape index (κ2) is 7.46. The Morgan fingerprint density at radius 1 is 1.33 bits per heavy atom. The molecule has 1 aromatic carbocycles. The van der Waals surface area contributed by atoms with Gasteiger partial charge in [-0.2, -0.15) is 0 Å². The maximum absolute atomic E-state index is 11.8. The number of rotatable bonds is 6. The topological polar surface area (TPSA) is 50.4 Å². The zero-order valence-electron chi connectivity index (χ0n) is 13.3. The van der Waals surface area contributed by atoms with Crippen molar-refractivity contribution < 1.29 is 9.53 Å². The molecule has 1 saturated heterocycles. The highest BCUT2D eigenvalue weighted by molar-refractivity contribution is 5.76. The monoisotopic (exact) mass is 290 g/mol. The minimum Gasteiger partial charge on any atom is -0.491 e. The van der Waals surface area contributed by atoms with Crippen LogP contribution in [0, 0.1) is 26.7 Å². The summed E-state index contributed by atoms with van der Waals surface area (Å²) in [5.74, 6) is 1.56. The van der Waals surface area contributed by atoms with Gasteiger partial charge in [-0.15, -0.1) is 0 Å². The van der Waals surface area contributed by atoms with Gasteiger partial charge < -0.3 is 15.4 Å². The summed E-state index contributed by atoms with van der Waals surface area (Å²) >= 11 is 0. The van der Waals surface area contributed by atoms with Crippen molar-refractivity contribution in [3.63, 3.8) is 0 Å². The average Bonchev–Trinajstić information content (AvgIpc) is 2.89. The molecule has 0 bridgehead atoms. The Bertz CT molecular complexity index is 471. The first-order valence-corrected chi connectivity index (χ1v) is 7.74. The van der Waals surface area contributed by atoms with Crippen LogP contribution in [0.1, 0.15) is 29.5 Å². The van der Waals surface area contributed by atoms with E-state index in [9.17, 15) is 4.79 Å². The van der Waals surface area contributed by atoms with Crippen LogP contribution in [0.2, 0.25) is 0 Å². The van der Waals surface area contributed by atoms with E-state index in [2.05, 4.69) is 43.5 Å². The molecule has 2 rings (SSSR count). The zero-order chi connectivity index (χ0) is 15.2. The summed E-state index contributed by atoms with van der Waals surface area (Å²) in [7, 11) is 0. The molecule has 0 spiro atoms. The van der Waals surface area contributed by atoms with Gasteiger partial charge in [0, 0.05) is 6.42 Å². The quantitative estimate of drug-likeness (QED) is 0.789. The molecule has 21 heavy (non-hydrogen) atoms.